The zero-order chi connectivity index (χ0) is 12.3. The van der Waals surface area contributed by atoms with Crippen molar-refractivity contribution < 1.29 is 9.47 Å². The van der Waals surface area contributed by atoms with Crippen LogP contribution in [0.4, 0.5) is 0 Å². The smallest absolute Gasteiger partial charge is 0.169 e. The van der Waals surface area contributed by atoms with Gasteiger partial charge in [0.15, 0.2) is 11.5 Å². The van der Waals surface area contributed by atoms with E-state index in [9.17, 15) is 0 Å². The third-order valence-corrected chi connectivity index (χ3v) is 2.51. The molecule has 1 aromatic carbocycles. The Morgan fingerprint density at radius 2 is 1.88 bits per heavy atom. The fraction of sp³-hybridized carbons (Fsp3) is 0.0833. The van der Waals surface area contributed by atoms with E-state index in [1.165, 1.54) is 6.20 Å². The van der Waals surface area contributed by atoms with E-state index in [4.69, 9.17) is 32.7 Å². The summed E-state index contributed by atoms with van der Waals surface area (Å²) in [5, 5.41) is 1.00. The molecule has 0 N–H and O–H groups in total. The summed E-state index contributed by atoms with van der Waals surface area (Å²) in [7, 11) is 1.55. The van der Waals surface area contributed by atoms with Crippen LogP contribution < -0.4 is 9.47 Å². The summed E-state index contributed by atoms with van der Waals surface area (Å²) in [5.74, 6) is 1.71. The van der Waals surface area contributed by atoms with E-state index >= 15 is 0 Å². The maximum Gasteiger partial charge on any atom is 0.169 e. The van der Waals surface area contributed by atoms with Crippen LogP contribution in [-0.4, -0.2) is 12.1 Å². The SMILES string of the molecule is COc1cc(Cl)ccc1Oc1ccc(Cl)nc1. The topological polar surface area (TPSA) is 31.4 Å². The van der Waals surface area contributed by atoms with Crippen LogP contribution in [0.15, 0.2) is 36.5 Å². The summed E-state index contributed by atoms with van der Waals surface area (Å²) >= 11 is 11.5. The van der Waals surface area contributed by atoms with E-state index in [0.29, 0.717) is 27.4 Å². The van der Waals surface area contributed by atoms with Crippen molar-refractivity contribution in [3.05, 3.63) is 46.7 Å². The number of halogens is 2. The van der Waals surface area contributed by atoms with E-state index < -0.39 is 0 Å². The van der Waals surface area contributed by atoms with E-state index in [-0.39, 0.29) is 0 Å². The van der Waals surface area contributed by atoms with Crippen LogP contribution in [0.25, 0.3) is 0 Å². The van der Waals surface area contributed by atoms with Crippen LogP contribution in [0.5, 0.6) is 17.2 Å². The largest absolute Gasteiger partial charge is 0.493 e. The fourth-order valence-corrected chi connectivity index (χ4v) is 1.55. The zero-order valence-corrected chi connectivity index (χ0v) is 10.5. The minimum atomic E-state index is 0.417. The Kier molecular flexibility index (Phi) is 3.71. The Labute approximate surface area is 109 Å². The van der Waals surface area contributed by atoms with Crippen molar-refractivity contribution >= 4 is 23.2 Å². The third-order valence-electron chi connectivity index (χ3n) is 2.05. The Morgan fingerprint density at radius 3 is 2.53 bits per heavy atom. The number of ether oxygens (including phenoxy) is 2. The van der Waals surface area contributed by atoms with Crippen molar-refractivity contribution in [2.75, 3.05) is 7.11 Å². The molecule has 0 spiro atoms. The van der Waals surface area contributed by atoms with E-state index in [0.717, 1.165) is 0 Å². The second kappa shape index (κ2) is 5.25. The lowest BCUT2D eigenvalue weighted by molar-refractivity contribution is 0.378. The molecule has 0 unspecified atom stereocenters. The Morgan fingerprint density at radius 1 is 1.06 bits per heavy atom. The van der Waals surface area contributed by atoms with Gasteiger partial charge in [0.05, 0.1) is 13.3 Å². The molecule has 0 saturated heterocycles. The molecular weight excluding hydrogens is 261 g/mol. The molecule has 0 aliphatic heterocycles. The van der Waals surface area contributed by atoms with Crippen LogP contribution in [0.1, 0.15) is 0 Å². The van der Waals surface area contributed by atoms with Crippen molar-refractivity contribution in [2.24, 2.45) is 0 Å². The Hall–Kier alpha value is -1.45. The minimum Gasteiger partial charge on any atom is -0.493 e. The van der Waals surface area contributed by atoms with Gasteiger partial charge in [0.25, 0.3) is 0 Å². The molecule has 0 saturated carbocycles. The van der Waals surface area contributed by atoms with Gasteiger partial charge in [-0.2, -0.15) is 0 Å². The van der Waals surface area contributed by atoms with E-state index in [2.05, 4.69) is 4.98 Å². The number of aromatic nitrogens is 1. The summed E-state index contributed by atoms with van der Waals surface area (Å²) in [6, 6.07) is 8.52. The molecule has 88 valence electrons. The molecule has 0 aliphatic carbocycles. The molecule has 5 heteroatoms. The molecule has 2 rings (SSSR count). The van der Waals surface area contributed by atoms with E-state index in [1.807, 2.05) is 0 Å². The monoisotopic (exact) mass is 269 g/mol. The second-order valence-corrected chi connectivity index (χ2v) is 4.04. The normalized spacial score (nSPS) is 10.1. The average Bonchev–Trinajstić information content (AvgIpc) is 2.34. The number of methoxy groups -OCH3 is 1. The van der Waals surface area contributed by atoms with Gasteiger partial charge in [0.2, 0.25) is 0 Å². The minimum absolute atomic E-state index is 0.417. The molecule has 1 aromatic heterocycles. The van der Waals surface area contributed by atoms with Crippen molar-refractivity contribution in [3.8, 4) is 17.2 Å². The Bertz CT molecular complexity index is 514. The lowest BCUT2D eigenvalue weighted by atomic mass is 10.3. The molecular formula is C12H9Cl2NO2. The average molecular weight is 270 g/mol. The molecule has 1 heterocycles. The van der Waals surface area contributed by atoms with Gasteiger partial charge in [-0.25, -0.2) is 4.98 Å². The second-order valence-electron chi connectivity index (χ2n) is 3.21. The van der Waals surface area contributed by atoms with Crippen molar-refractivity contribution in [3.63, 3.8) is 0 Å². The van der Waals surface area contributed by atoms with Crippen molar-refractivity contribution in [1.29, 1.82) is 0 Å². The van der Waals surface area contributed by atoms with Gasteiger partial charge in [-0.15, -0.1) is 0 Å². The molecule has 0 amide bonds. The van der Waals surface area contributed by atoms with Gasteiger partial charge in [-0.1, -0.05) is 23.2 Å². The predicted octanol–water partition coefficient (Wildman–Crippen LogP) is 4.19. The van der Waals surface area contributed by atoms with Crippen LogP contribution in [0, 0.1) is 0 Å². The molecule has 0 bridgehead atoms. The summed E-state index contributed by atoms with van der Waals surface area (Å²) in [6.07, 6.45) is 1.54. The predicted molar refractivity (Wildman–Crippen MR) is 67.3 cm³/mol. The molecule has 17 heavy (non-hydrogen) atoms. The van der Waals surface area contributed by atoms with Gasteiger partial charge in [-0.3, -0.25) is 0 Å². The molecule has 0 fully saturated rings. The van der Waals surface area contributed by atoms with Crippen LogP contribution in [0.3, 0.4) is 0 Å². The summed E-state index contributed by atoms with van der Waals surface area (Å²) in [6.45, 7) is 0. The summed E-state index contributed by atoms with van der Waals surface area (Å²) < 4.78 is 10.8. The first-order valence-electron chi connectivity index (χ1n) is 4.82. The number of nitrogens with zero attached hydrogens (tertiary/aromatic N) is 1. The highest BCUT2D eigenvalue weighted by Crippen LogP contribution is 2.33. The maximum atomic E-state index is 5.85. The van der Waals surface area contributed by atoms with Crippen molar-refractivity contribution in [2.45, 2.75) is 0 Å². The number of pyridine rings is 1. The van der Waals surface area contributed by atoms with Crippen LogP contribution >= 0.6 is 23.2 Å². The van der Waals surface area contributed by atoms with Gasteiger partial charge in [0, 0.05) is 11.1 Å². The highest BCUT2D eigenvalue weighted by Gasteiger charge is 2.06. The molecule has 0 atom stereocenters. The first-order valence-corrected chi connectivity index (χ1v) is 5.57. The van der Waals surface area contributed by atoms with Gasteiger partial charge in [-0.05, 0) is 24.3 Å². The fourth-order valence-electron chi connectivity index (χ4n) is 1.28. The third kappa shape index (κ3) is 3.02. The number of hydrogen-bond donors (Lipinski definition) is 0. The lowest BCUT2D eigenvalue weighted by Gasteiger charge is -2.10. The first-order chi connectivity index (χ1) is 8.19. The summed E-state index contributed by atoms with van der Waals surface area (Å²) in [4.78, 5) is 3.92. The highest BCUT2D eigenvalue weighted by atomic mass is 35.5. The van der Waals surface area contributed by atoms with Gasteiger partial charge >= 0.3 is 0 Å². The van der Waals surface area contributed by atoms with Crippen molar-refractivity contribution in [1.82, 2.24) is 4.98 Å². The maximum absolute atomic E-state index is 5.85. The molecule has 2 aromatic rings. The van der Waals surface area contributed by atoms with Gasteiger partial charge in [0.1, 0.15) is 10.9 Å². The molecule has 0 aliphatic rings. The zero-order valence-electron chi connectivity index (χ0n) is 8.98. The number of hydrogen-bond acceptors (Lipinski definition) is 3. The number of benzene rings is 1. The van der Waals surface area contributed by atoms with E-state index in [1.54, 1.807) is 37.4 Å². The summed E-state index contributed by atoms with van der Waals surface area (Å²) in [5.41, 5.74) is 0. The highest BCUT2D eigenvalue weighted by molar-refractivity contribution is 6.30. The Balaban J connectivity index is 2.26. The van der Waals surface area contributed by atoms with Gasteiger partial charge < -0.3 is 9.47 Å². The standard InChI is InChI=1S/C12H9Cl2NO2/c1-16-11-6-8(13)2-4-10(11)17-9-3-5-12(14)15-7-9/h2-7H,1H3. The first kappa shape index (κ1) is 12.0. The van der Waals surface area contributed by atoms with Crippen LogP contribution in [0.2, 0.25) is 10.2 Å². The quantitative estimate of drug-likeness (QED) is 0.783. The molecule has 3 nitrogen and oxygen atoms in total. The lowest BCUT2D eigenvalue weighted by Crippen LogP contribution is -1.90. The number of rotatable bonds is 3. The van der Waals surface area contributed by atoms with Crippen LogP contribution in [-0.2, 0) is 0 Å². The molecule has 0 radical (unpaired) electrons.